The number of imide groups is 1. The number of hydrogen-bond acceptors (Lipinski definition) is 4. The minimum Gasteiger partial charge on any atom is -0.329 e. The molecule has 1 aliphatic heterocycles. The molecule has 8 nitrogen and oxygen atoms in total. The van der Waals surface area contributed by atoms with Crippen LogP contribution in [0.4, 0.5) is 16.2 Å². The Balaban J connectivity index is 1.52. The number of nitrogens with zero attached hydrogens (tertiary/aromatic N) is 1. The average Bonchev–Trinajstić information content (AvgIpc) is 2.99. The molecule has 1 aliphatic rings. The summed E-state index contributed by atoms with van der Waals surface area (Å²) in [6.45, 7) is -0.00395. The van der Waals surface area contributed by atoms with Crippen molar-refractivity contribution < 1.29 is 19.2 Å². The molecule has 0 bridgehead atoms. The van der Waals surface area contributed by atoms with E-state index in [1.807, 2.05) is 12.1 Å². The number of carbonyl (C=O) groups is 4. The molecule has 0 spiro atoms. The van der Waals surface area contributed by atoms with E-state index in [4.69, 9.17) is 0 Å². The van der Waals surface area contributed by atoms with E-state index in [2.05, 4.69) is 38.5 Å². The van der Waals surface area contributed by atoms with Crippen LogP contribution in [0.5, 0.6) is 0 Å². The maximum Gasteiger partial charge on any atom is 0.324 e. The van der Waals surface area contributed by atoms with Crippen molar-refractivity contribution in [2.75, 3.05) is 23.7 Å². The molecule has 9 heteroatoms. The van der Waals surface area contributed by atoms with Crippen LogP contribution < -0.4 is 16.0 Å². The molecule has 0 unspecified atom stereocenters. The van der Waals surface area contributed by atoms with Crippen LogP contribution in [-0.2, 0) is 9.59 Å². The topological polar surface area (TPSA) is 108 Å². The fourth-order valence-corrected chi connectivity index (χ4v) is 3.23. The minimum atomic E-state index is -0.481. The van der Waals surface area contributed by atoms with Crippen molar-refractivity contribution in [2.45, 2.75) is 6.42 Å². The van der Waals surface area contributed by atoms with Crippen LogP contribution in [0.25, 0.3) is 0 Å². The van der Waals surface area contributed by atoms with Gasteiger partial charge in [-0.15, -0.1) is 0 Å². The highest BCUT2D eigenvalue weighted by atomic mass is 127. The zero-order chi connectivity index (χ0) is 20.1. The number of anilines is 2. The Morgan fingerprint density at radius 1 is 1.00 bits per heavy atom. The van der Waals surface area contributed by atoms with E-state index in [1.54, 1.807) is 36.4 Å². The lowest BCUT2D eigenvalue weighted by Gasteiger charge is -2.12. The first-order valence-corrected chi connectivity index (χ1v) is 9.56. The van der Waals surface area contributed by atoms with E-state index >= 15 is 0 Å². The van der Waals surface area contributed by atoms with Gasteiger partial charge in [-0.1, -0.05) is 12.1 Å². The molecule has 1 fully saturated rings. The van der Waals surface area contributed by atoms with Crippen LogP contribution in [0, 0.1) is 3.57 Å². The fourth-order valence-electron chi connectivity index (χ4n) is 2.60. The van der Waals surface area contributed by atoms with Gasteiger partial charge in [-0.05, 0) is 59.0 Å². The van der Waals surface area contributed by atoms with Crippen LogP contribution in [-0.4, -0.2) is 41.7 Å². The Labute approximate surface area is 174 Å². The van der Waals surface area contributed by atoms with Crippen molar-refractivity contribution in [1.82, 2.24) is 10.2 Å². The number of nitrogens with one attached hydrogen (secondary N) is 3. The predicted molar refractivity (Wildman–Crippen MR) is 112 cm³/mol. The number of halogens is 1. The van der Waals surface area contributed by atoms with Crippen molar-refractivity contribution in [1.29, 1.82) is 0 Å². The number of carbonyl (C=O) groups excluding carboxylic acids is 4. The zero-order valence-corrected chi connectivity index (χ0v) is 16.9. The summed E-state index contributed by atoms with van der Waals surface area (Å²) in [6.07, 6.45) is 0.00406. The number of benzene rings is 2. The number of hydrogen-bond donors (Lipinski definition) is 3. The van der Waals surface area contributed by atoms with Crippen molar-refractivity contribution in [3.05, 3.63) is 57.7 Å². The van der Waals surface area contributed by atoms with E-state index in [1.165, 1.54) is 0 Å². The third-order valence-electron chi connectivity index (χ3n) is 4.04. The molecular weight excluding hydrogens is 475 g/mol. The minimum absolute atomic E-state index is 0.00406. The van der Waals surface area contributed by atoms with E-state index < -0.39 is 6.03 Å². The summed E-state index contributed by atoms with van der Waals surface area (Å²) in [5.74, 6) is -0.871. The Kier molecular flexibility index (Phi) is 6.24. The molecule has 3 rings (SSSR count). The fraction of sp³-hybridized carbons (Fsp3) is 0.158. The van der Waals surface area contributed by atoms with Crippen molar-refractivity contribution >= 4 is 57.7 Å². The standard InChI is InChI=1S/C19H17IN4O4/c20-15-4-2-1-3-14(15)18(27)23-13-7-5-12(6-8-13)22-16(25)9-10-24-17(26)11-21-19(24)28/h1-8H,9-11H2,(H,21,28)(H,22,25)(H,23,27). The molecule has 0 saturated carbocycles. The lowest BCUT2D eigenvalue weighted by Crippen LogP contribution is -2.33. The van der Waals surface area contributed by atoms with Crippen LogP contribution in [0.15, 0.2) is 48.5 Å². The molecule has 5 amide bonds. The zero-order valence-electron chi connectivity index (χ0n) is 14.7. The smallest absolute Gasteiger partial charge is 0.324 e. The Morgan fingerprint density at radius 2 is 1.64 bits per heavy atom. The largest absolute Gasteiger partial charge is 0.329 e. The first kappa shape index (κ1) is 19.8. The van der Waals surface area contributed by atoms with Gasteiger partial charge in [0.1, 0.15) is 0 Å². The maximum atomic E-state index is 12.3. The summed E-state index contributed by atoms with van der Waals surface area (Å²) in [4.78, 5) is 48.3. The second-order valence-corrected chi connectivity index (χ2v) is 7.18. The van der Waals surface area contributed by atoms with Crippen LogP contribution >= 0.6 is 22.6 Å². The van der Waals surface area contributed by atoms with Crippen molar-refractivity contribution in [3.8, 4) is 0 Å². The van der Waals surface area contributed by atoms with E-state index in [0.29, 0.717) is 16.9 Å². The third kappa shape index (κ3) is 4.85. The molecule has 1 heterocycles. The molecular formula is C19H17IN4O4. The van der Waals surface area contributed by atoms with Gasteiger partial charge in [0.2, 0.25) is 11.8 Å². The molecule has 0 atom stereocenters. The van der Waals surface area contributed by atoms with Gasteiger partial charge in [0, 0.05) is 27.9 Å². The van der Waals surface area contributed by atoms with Gasteiger partial charge >= 0.3 is 6.03 Å². The highest BCUT2D eigenvalue weighted by molar-refractivity contribution is 14.1. The third-order valence-corrected chi connectivity index (χ3v) is 4.99. The Morgan fingerprint density at radius 3 is 2.25 bits per heavy atom. The lowest BCUT2D eigenvalue weighted by molar-refractivity contribution is -0.125. The van der Waals surface area contributed by atoms with Crippen LogP contribution in [0.2, 0.25) is 0 Å². The molecule has 0 aliphatic carbocycles. The lowest BCUT2D eigenvalue weighted by atomic mass is 10.2. The summed E-state index contributed by atoms with van der Waals surface area (Å²) in [5, 5.41) is 7.90. The van der Waals surface area contributed by atoms with Gasteiger partial charge in [-0.2, -0.15) is 0 Å². The SMILES string of the molecule is O=C(CCN1C(=O)CNC1=O)Nc1ccc(NC(=O)c2ccccc2I)cc1. The van der Waals surface area contributed by atoms with Gasteiger partial charge in [0.05, 0.1) is 12.1 Å². The summed E-state index contributed by atoms with van der Waals surface area (Å²) in [5.41, 5.74) is 1.73. The van der Waals surface area contributed by atoms with Crippen molar-refractivity contribution in [2.24, 2.45) is 0 Å². The van der Waals surface area contributed by atoms with E-state index in [9.17, 15) is 19.2 Å². The predicted octanol–water partition coefficient (Wildman–Crippen LogP) is 2.42. The van der Waals surface area contributed by atoms with Crippen LogP contribution in [0.1, 0.15) is 16.8 Å². The van der Waals surface area contributed by atoms with Crippen molar-refractivity contribution in [3.63, 3.8) is 0 Å². The molecule has 28 heavy (non-hydrogen) atoms. The van der Waals surface area contributed by atoms with Gasteiger partial charge in [-0.3, -0.25) is 19.3 Å². The highest BCUT2D eigenvalue weighted by Gasteiger charge is 2.28. The summed E-state index contributed by atoms with van der Waals surface area (Å²) in [6, 6.07) is 13.5. The maximum absolute atomic E-state index is 12.3. The van der Waals surface area contributed by atoms with Gasteiger partial charge in [0.15, 0.2) is 0 Å². The first-order chi connectivity index (χ1) is 13.4. The van der Waals surface area contributed by atoms with Gasteiger partial charge < -0.3 is 16.0 Å². The first-order valence-electron chi connectivity index (χ1n) is 8.48. The molecule has 0 aromatic heterocycles. The molecule has 2 aromatic rings. The summed E-state index contributed by atoms with van der Waals surface area (Å²) >= 11 is 2.10. The Hall–Kier alpha value is -2.95. The normalized spacial score (nSPS) is 13.2. The van der Waals surface area contributed by atoms with Gasteiger partial charge in [0.25, 0.3) is 5.91 Å². The highest BCUT2D eigenvalue weighted by Crippen LogP contribution is 2.17. The number of rotatable bonds is 6. The average molecular weight is 492 g/mol. The molecule has 2 aromatic carbocycles. The molecule has 144 valence electrons. The monoisotopic (exact) mass is 492 g/mol. The Bertz CT molecular complexity index is 914. The van der Waals surface area contributed by atoms with E-state index in [0.717, 1.165) is 8.47 Å². The number of urea groups is 1. The second-order valence-electron chi connectivity index (χ2n) is 6.01. The number of amides is 5. The quantitative estimate of drug-likeness (QED) is 0.426. The van der Waals surface area contributed by atoms with E-state index in [-0.39, 0.29) is 37.2 Å². The second kappa shape index (κ2) is 8.83. The summed E-state index contributed by atoms with van der Waals surface area (Å²) < 4.78 is 0.853. The molecule has 3 N–H and O–H groups in total. The van der Waals surface area contributed by atoms with Crippen LogP contribution in [0.3, 0.4) is 0 Å². The van der Waals surface area contributed by atoms with Gasteiger partial charge in [-0.25, -0.2) is 4.79 Å². The molecule has 1 saturated heterocycles. The summed E-state index contributed by atoms with van der Waals surface area (Å²) in [7, 11) is 0. The molecule has 0 radical (unpaired) electrons.